The molecular formula is C28H37ClN8O2. The van der Waals surface area contributed by atoms with Gasteiger partial charge in [-0.15, -0.1) is 0 Å². The first kappa shape index (κ1) is 28.6. The van der Waals surface area contributed by atoms with E-state index in [1.807, 2.05) is 37.7 Å². The molecule has 39 heavy (non-hydrogen) atoms. The molecule has 0 radical (unpaired) electrons. The Kier molecular flexibility index (Phi) is 9.62. The van der Waals surface area contributed by atoms with Gasteiger partial charge in [-0.2, -0.15) is 4.98 Å². The fourth-order valence-corrected chi connectivity index (χ4v) is 5.22. The van der Waals surface area contributed by atoms with Crippen LogP contribution in [-0.4, -0.2) is 88.1 Å². The molecule has 0 unspecified atom stereocenters. The highest BCUT2D eigenvalue weighted by atomic mass is 35.5. The summed E-state index contributed by atoms with van der Waals surface area (Å²) in [4.78, 5) is 29.7. The lowest BCUT2D eigenvalue weighted by atomic mass is 10.1. The molecule has 3 aromatic heterocycles. The smallest absolute Gasteiger partial charge is 0.234 e. The highest BCUT2D eigenvalue weighted by Crippen LogP contribution is 2.29. The Morgan fingerprint density at radius 2 is 1.95 bits per heavy atom. The third kappa shape index (κ3) is 6.98. The predicted octanol–water partition coefficient (Wildman–Crippen LogP) is 2.62. The van der Waals surface area contributed by atoms with Crippen molar-refractivity contribution in [2.45, 2.75) is 40.2 Å². The monoisotopic (exact) mass is 552 g/mol. The Balaban J connectivity index is 1.41. The van der Waals surface area contributed by atoms with Gasteiger partial charge >= 0.3 is 0 Å². The number of nitrogens with two attached hydrogens (primary N) is 1. The maximum atomic E-state index is 11.8. The summed E-state index contributed by atoms with van der Waals surface area (Å²) in [5, 5.41) is 3.85. The van der Waals surface area contributed by atoms with Crippen molar-refractivity contribution in [2.75, 3.05) is 58.7 Å². The second-order valence-corrected chi connectivity index (χ2v) is 10.1. The number of anilines is 1. The van der Waals surface area contributed by atoms with Gasteiger partial charge in [-0.05, 0) is 33.7 Å². The van der Waals surface area contributed by atoms with Crippen LogP contribution in [0.3, 0.4) is 0 Å². The molecule has 1 amide bonds. The van der Waals surface area contributed by atoms with Crippen LogP contribution in [0.25, 0.3) is 11.0 Å². The molecular weight excluding hydrogens is 516 g/mol. The molecule has 4 rings (SSSR count). The van der Waals surface area contributed by atoms with E-state index in [1.165, 1.54) is 0 Å². The van der Waals surface area contributed by atoms with Crippen molar-refractivity contribution < 1.29 is 9.53 Å². The largest absolute Gasteiger partial charge is 0.496 e. The number of carbonyl (C=O) groups excluding carboxylic acids is 1. The number of pyridine rings is 1. The van der Waals surface area contributed by atoms with E-state index in [0.717, 1.165) is 73.7 Å². The van der Waals surface area contributed by atoms with Gasteiger partial charge in [0.2, 0.25) is 11.9 Å². The molecule has 208 valence electrons. The van der Waals surface area contributed by atoms with Crippen LogP contribution in [-0.2, 0) is 11.3 Å². The molecule has 0 atom stereocenters. The topological polar surface area (TPSA) is 114 Å². The van der Waals surface area contributed by atoms with E-state index < -0.39 is 0 Å². The third-order valence-corrected chi connectivity index (χ3v) is 7.24. The number of fused-ring (bicyclic) bond motifs is 1. The number of hydrogen-bond donors (Lipinski definition) is 2. The summed E-state index contributed by atoms with van der Waals surface area (Å²) >= 11 is 6.50. The van der Waals surface area contributed by atoms with E-state index in [9.17, 15) is 4.79 Å². The van der Waals surface area contributed by atoms with E-state index in [2.05, 4.69) is 41.9 Å². The average molecular weight is 553 g/mol. The quantitative estimate of drug-likeness (QED) is 0.236. The highest BCUT2D eigenvalue weighted by molar-refractivity contribution is 6.34. The molecule has 0 spiro atoms. The van der Waals surface area contributed by atoms with Crippen molar-refractivity contribution in [1.82, 2.24) is 34.6 Å². The van der Waals surface area contributed by atoms with Crippen molar-refractivity contribution in [3.63, 3.8) is 0 Å². The summed E-state index contributed by atoms with van der Waals surface area (Å²) in [6.07, 6.45) is 5.48. The number of nitrogens with zero attached hydrogens (tertiary/aromatic N) is 6. The summed E-state index contributed by atoms with van der Waals surface area (Å²) < 4.78 is 7.54. The third-order valence-electron chi connectivity index (χ3n) is 6.96. The number of piperazine rings is 1. The number of likely N-dealkylation sites (N-methyl/N-ethyl adjacent to an activating group) is 1. The van der Waals surface area contributed by atoms with Crippen molar-refractivity contribution in [2.24, 2.45) is 0 Å². The number of hydrogen-bond acceptors (Lipinski definition) is 8. The molecule has 1 aliphatic heterocycles. The van der Waals surface area contributed by atoms with Crippen LogP contribution >= 0.6 is 11.6 Å². The molecule has 0 aromatic carbocycles. The lowest BCUT2D eigenvalue weighted by molar-refractivity contribution is -0.122. The summed E-state index contributed by atoms with van der Waals surface area (Å²) in [6, 6.07) is 0. The van der Waals surface area contributed by atoms with Gasteiger partial charge in [0.05, 0.1) is 36.8 Å². The number of aromatic nitrogens is 4. The second kappa shape index (κ2) is 13.1. The number of aryl methyl sites for hydroxylation is 1. The SMILES string of the molecule is CCNC(=O)CN1CCN(CCCC#Cc2cn(Cc3ncc(C)c(OC)c3C)c3nc(N)nc(Cl)c23)CC1. The van der Waals surface area contributed by atoms with Gasteiger partial charge < -0.3 is 25.3 Å². The van der Waals surface area contributed by atoms with Crippen LogP contribution in [0.15, 0.2) is 12.4 Å². The molecule has 0 bridgehead atoms. The van der Waals surface area contributed by atoms with E-state index in [4.69, 9.17) is 22.1 Å². The first-order chi connectivity index (χ1) is 18.8. The Labute approximate surface area is 234 Å². The number of nitrogens with one attached hydrogen (secondary N) is 1. The Morgan fingerprint density at radius 3 is 2.67 bits per heavy atom. The van der Waals surface area contributed by atoms with Crippen LogP contribution in [0.5, 0.6) is 5.75 Å². The minimum atomic E-state index is 0.0979. The van der Waals surface area contributed by atoms with Crippen molar-refractivity contribution in [3.05, 3.63) is 39.9 Å². The number of nitrogen functional groups attached to an aromatic ring is 1. The van der Waals surface area contributed by atoms with E-state index >= 15 is 0 Å². The zero-order valence-electron chi connectivity index (χ0n) is 23.2. The molecule has 1 fully saturated rings. The molecule has 4 heterocycles. The summed E-state index contributed by atoms with van der Waals surface area (Å²) in [6.45, 7) is 12.3. The normalized spacial score (nSPS) is 14.3. The van der Waals surface area contributed by atoms with E-state index in [-0.39, 0.29) is 17.0 Å². The van der Waals surface area contributed by atoms with Gasteiger partial charge in [0.15, 0.2) is 0 Å². The van der Waals surface area contributed by atoms with Crippen LogP contribution < -0.4 is 15.8 Å². The molecule has 11 heteroatoms. The van der Waals surface area contributed by atoms with Gasteiger partial charge in [0.25, 0.3) is 0 Å². The summed E-state index contributed by atoms with van der Waals surface area (Å²) in [5.41, 5.74) is 10.2. The predicted molar refractivity (Wildman–Crippen MR) is 154 cm³/mol. The molecule has 3 aromatic rings. The zero-order valence-corrected chi connectivity index (χ0v) is 23.9. The molecule has 1 saturated heterocycles. The number of amides is 1. The number of halogens is 1. The standard InChI is InChI=1S/C28H37ClN8O2/c1-5-31-23(38)18-36-13-11-35(12-14-36)10-8-6-7-9-21-16-37(27-24(21)26(29)33-28(30)34-27)17-22-20(3)25(39-4)19(2)15-32-22/h15-16H,5-6,8,10-14,17-18H2,1-4H3,(H,31,38)(H2,30,33,34). The lowest BCUT2D eigenvalue weighted by Crippen LogP contribution is -2.49. The van der Waals surface area contributed by atoms with E-state index in [0.29, 0.717) is 30.7 Å². The first-order valence-corrected chi connectivity index (χ1v) is 13.7. The maximum Gasteiger partial charge on any atom is 0.234 e. The van der Waals surface area contributed by atoms with Crippen LogP contribution in [0.2, 0.25) is 5.15 Å². The van der Waals surface area contributed by atoms with Gasteiger partial charge in [0.1, 0.15) is 16.5 Å². The number of ether oxygens (including phenoxy) is 1. The first-order valence-electron chi connectivity index (χ1n) is 13.3. The second-order valence-electron chi connectivity index (χ2n) is 9.76. The fourth-order valence-electron chi connectivity index (χ4n) is 4.94. The van der Waals surface area contributed by atoms with Crippen molar-refractivity contribution in [1.29, 1.82) is 0 Å². The van der Waals surface area contributed by atoms with Crippen LogP contribution in [0.4, 0.5) is 5.95 Å². The number of carbonyl (C=O) groups is 1. The van der Waals surface area contributed by atoms with Gasteiger partial charge in [-0.25, -0.2) is 4.98 Å². The summed E-state index contributed by atoms with van der Waals surface area (Å²) in [5.74, 6) is 7.63. The Morgan fingerprint density at radius 1 is 1.21 bits per heavy atom. The maximum absolute atomic E-state index is 11.8. The van der Waals surface area contributed by atoms with Crippen LogP contribution in [0.1, 0.15) is 42.1 Å². The average Bonchev–Trinajstić information content (AvgIpc) is 3.24. The molecule has 0 aliphatic carbocycles. The van der Waals surface area contributed by atoms with Crippen molar-refractivity contribution >= 4 is 34.5 Å². The Hall–Kier alpha value is -3.39. The molecule has 1 aliphatic rings. The Bertz CT molecular complexity index is 1390. The molecule has 0 saturated carbocycles. The number of unbranched alkanes of at least 4 members (excludes halogenated alkanes) is 1. The van der Waals surface area contributed by atoms with Gasteiger partial charge in [0, 0.05) is 62.7 Å². The minimum Gasteiger partial charge on any atom is -0.496 e. The van der Waals surface area contributed by atoms with Gasteiger partial charge in [-0.3, -0.25) is 14.7 Å². The number of rotatable bonds is 9. The zero-order chi connectivity index (χ0) is 27.9. The highest BCUT2D eigenvalue weighted by Gasteiger charge is 2.19. The van der Waals surface area contributed by atoms with E-state index in [1.54, 1.807) is 7.11 Å². The summed E-state index contributed by atoms with van der Waals surface area (Å²) in [7, 11) is 1.67. The fraction of sp³-hybridized carbons (Fsp3) is 0.500. The molecule has 10 nitrogen and oxygen atoms in total. The minimum absolute atomic E-state index is 0.0979. The van der Waals surface area contributed by atoms with Gasteiger partial charge in [-0.1, -0.05) is 23.4 Å². The molecule has 3 N–H and O–H groups in total. The van der Waals surface area contributed by atoms with Crippen LogP contribution in [0, 0.1) is 25.7 Å². The lowest BCUT2D eigenvalue weighted by Gasteiger charge is -2.34. The number of methoxy groups -OCH3 is 1. The van der Waals surface area contributed by atoms with Crippen molar-refractivity contribution in [3.8, 4) is 17.6 Å².